The van der Waals surface area contributed by atoms with Gasteiger partial charge in [0.25, 0.3) is 5.91 Å². The van der Waals surface area contributed by atoms with Crippen LogP contribution in [0.1, 0.15) is 43.0 Å². The number of hydrogen-bond acceptors (Lipinski definition) is 4. The highest BCUT2D eigenvalue weighted by molar-refractivity contribution is 6.34. The van der Waals surface area contributed by atoms with Crippen LogP contribution in [-0.2, 0) is 7.05 Å². The molecule has 1 atom stereocenters. The third-order valence-corrected chi connectivity index (χ3v) is 4.10. The van der Waals surface area contributed by atoms with E-state index < -0.39 is 6.03 Å². The Hall–Kier alpha value is -2.61. The van der Waals surface area contributed by atoms with Crippen LogP contribution in [0.4, 0.5) is 10.5 Å². The maximum atomic E-state index is 12.4. The molecule has 140 valence electrons. The molecule has 26 heavy (non-hydrogen) atoms. The summed E-state index contributed by atoms with van der Waals surface area (Å²) in [4.78, 5) is 28.4. The first-order valence-corrected chi connectivity index (χ1v) is 8.70. The molecule has 0 saturated carbocycles. The van der Waals surface area contributed by atoms with E-state index in [9.17, 15) is 9.59 Å². The fourth-order valence-corrected chi connectivity index (χ4v) is 2.72. The molecule has 0 aliphatic heterocycles. The van der Waals surface area contributed by atoms with Gasteiger partial charge in [-0.25, -0.2) is 9.78 Å². The van der Waals surface area contributed by atoms with Crippen molar-refractivity contribution in [2.45, 2.75) is 26.8 Å². The minimum Gasteiger partial charge on any atom is -0.352 e. The second-order valence-electron chi connectivity index (χ2n) is 6.12. The maximum absolute atomic E-state index is 12.4. The highest BCUT2D eigenvalue weighted by atomic mass is 35.5. The zero-order chi connectivity index (χ0) is 19.3. The average molecular weight is 379 g/mol. The molecule has 1 aromatic heterocycles. The first kappa shape index (κ1) is 19.7. The molecule has 1 aromatic carbocycles. The van der Waals surface area contributed by atoms with Gasteiger partial charge in [0.1, 0.15) is 12.2 Å². The highest BCUT2D eigenvalue weighted by Gasteiger charge is 2.22. The molecule has 0 fully saturated rings. The molecule has 0 saturated heterocycles. The summed E-state index contributed by atoms with van der Waals surface area (Å²) < 4.78 is 1.63. The lowest BCUT2D eigenvalue weighted by atomic mass is 10.0. The van der Waals surface area contributed by atoms with Gasteiger partial charge in [0.2, 0.25) is 0 Å². The standard InChI is InChI=1S/C17H23ClN6O2/c1-5-19-16(25)12-7-6-11(8-13(12)18)22-17(26)23-14(10(2)3)15-20-9-21-24(15)4/h6-10,14H,5H2,1-4H3,(H,19,25)(H2,22,23,26). The van der Waals surface area contributed by atoms with Gasteiger partial charge in [-0.05, 0) is 31.0 Å². The zero-order valence-electron chi connectivity index (χ0n) is 15.2. The SMILES string of the molecule is CCNC(=O)c1ccc(NC(=O)NC(c2ncnn2C)C(C)C)cc1Cl. The number of nitrogens with zero attached hydrogens (tertiary/aromatic N) is 3. The van der Waals surface area contributed by atoms with E-state index in [1.54, 1.807) is 29.9 Å². The van der Waals surface area contributed by atoms with Crippen molar-refractivity contribution in [1.82, 2.24) is 25.4 Å². The molecule has 3 amide bonds. The van der Waals surface area contributed by atoms with Gasteiger partial charge in [-0.15, -0.1) is 0 Å². The van der Waals surface area contributed by atoms with Gasteiger partial charge in [-0.1, -0.05) is 25.4 Å². The van der Waals surface area contributed by atoms with Crippen molar-refractivity contribution in [1.29, 1.82) is 0 Å². The third-order valence-electron chi connectivity index (χ3n) is 3.79. The lowest BCUT2D eigenvalue weighted by Gasteiger charge is -2.21. The van der Waals surface area contributed by atoms with Crippen LogP contribution in [0.5, 0.6) is 0 Å². The number of carbonyl (C=O) groups excluding carboxylic acids is 2. The monoisotopic (exact) mass is 378 g/mol. The predicted octanol–water partition coefficient (Wildman–Crippen LogP) is 2.74. The van der Waals surface area contributed by atoms with Crippen LogP contribution in [0.2, 0.25) is 5.02 Å². The minimum absolute atomic E-state index is 0.118. The van der Waals surface area contributed by atoms with E-state index in [1.807, 2.05) is 20.8 Å². The Kier molecular flexibility index (Phi) is 6.57. The number of aromatic nitrogens is 3. The number of carbonyl (C=O) groups is 2. The van der Waals surface area contributed by atoms with E-state index in [0.717, 1.165) is 0 Å². The third kappa shape index (κ3) is 4.72. The van der Waals surface area contributed by atoms with E-state index in [1.165, 1.54) is 6.33 Å². The lowest BCUT2D eigenvalue weighted by molar-refractivity contribution is 0.0956. The number of halogens is 1. The zero-order valence-corrected chi connectivity index (χ0v) is 16.0. The van der Waals surface area contributed by atoms with Crippen molar-refractivity contribution in [3.05, 3.63) is 40.9 Å². The quantitative estimate of drug-likeness (QED) is 0.719. The number of hydrogen-bond donors (Lipinski definition) is 3. The van der Waals surface area contributed by atoms with Crippen molar-refractivity contribution in [2.75, 3.05) is 11.9 Å². The smallest absolute Gasteiger partial charge is 0.319 e. The number of aryl methyl sites for hydroxylation is 1. The molecule has 0 aliphatic rings. The van der Waals surface area contributed by atoms with Gasteiger partial charge in [0, 0.05) is 19.3 Å². The Labute approximate surface area is 157 Å². The van der Waals surface area contributed by atoms with Gasteiger partial charge in [-0.2, -0.15) is 5.10 Å². The van der Waals surface area contributed by atoms with Gasteiger partial charge in [0.15, 0.2) is 0 Å². The normalized spacial score (nSPS) is 11.9. The molecule has 1 heterocycles. The van der Waals surface area contributed by atoms with Crippen molar-refractivity contribution in [3.8, 4) is 0 Å². The second kappa shape index (κ2) is 8.66. The van der Waals surface area contributed by atoms with Crippen molar-refractivity contribution >= 4 is 29.2 Å². The van der Waals surface area contributed by atoms with E-state index in [0.29, 0.717) is 23.6 Å². The van der Waals surface area contributed by atoms with Crippen LogP contribution in [0.25, 0.3) is 0 Å². The summed E-state index contributed by atoms with van der Waals surface area (Å²) in [6.45, 7) is 6.31. The van der Waals surface area contributed by atoms with Crippen LogP contribution in [-0.4, -0.2) is 33.2 Å². The molecule has 0 bridgehead atoms. The number of anilines is 1. The fraction of sp³-hybridized carbons (Fsp3) is 0.412. The molecule has 2 aromatic rings. The summed E-state index contributed by atoms with van der Waals surface area (Å²) in [5.74, 6) is 0.530. The van der Waals surface area contributed by atoms with E-state index in [-0.39, 0.29) is 22.9 Å². The summed E-state index contributed by atoms with van der Waals surface area (Å²) in [5, 5.41) is 12.6. The molecule has 3 N–H and O–H groups in total. The Morgan fingerprint density at radius 3 is 2.58 bits per heavy atom. The largest absolute Gasteiger partial charge is 0.352 e. The van der Waals surface area contributed by atoms with Crippen LogP contribution in [0.15, 0.2) is 24.5 Å². The Morgan fingerprint density at radius 1 is 1.31 bits per heavy atom. The Morgan fingerprint density at radius 2 is 2.04 bits per heavy atom. The second-order valence-corrected chi connectivity index (χ2v) is 6.52. The first-order chi connectivity index (χ1) is 12.3. The Balaban J connectivity index is 2.08. The van der Waals surface area contributed by atoms with Gasteiger partial charge in [0.05, 0.1) is 16.6 Å². The van der Waals surface area contributed by atoms with Crippen LogP contribution >= 0.6 is 11.6 Å². The molecule has 0 radical (unpaired) electrons. The maximum Gasteiger partial charge on any atom is 0.319 e. The number of rotatable bonds is 6. The van der Waals surface area contributed by atoms with Crippen molar-refractivity contribution in [2.24, 2.45) is 13.0 Å². The van der Waals surface area contributed by atoms with E-state index in [2.05, 4.69) is 26.0 Å². The topological polar surface area (TPSA) is 101 Å². The van der Waals surface area contributed by atoms with E-state index >= 15 is 0 Å². The van der Waals surface area contributed by atoms with Gasteiger partial charge < -0.3 is 16.0 Å². The van der Waals surface area contributed by atoms with Crippen LogP contribution < -0.4 is 16.0 Å². The molecule has 1 unspecified atom stereocenters. The fourth-order valence-electron chi connectivity index (χ4n) is 2.46. The summed E-state index contributed by atoms with van der Waals surface area (Å²) in [7, 11) is 1.77. The first-order valence-electron chi connectivity index (χ1n) is 8.32. The molecule has 0 spiro atoms. The number of nitrogens with one attached hydrogen (secondary N) is 3. The van der Waals surface area contributed by atoms with Crippen LogP contribution in [0, 0.1) is 5.92 Å². The van der Waals surface area contributed by atoms with Crippen molar-refractivity contribution in [3.63, 3.8) is 0 Å². The number of urea groups is 1. The van der Waals surface area contributed by atoms with Crippen molar-refractivity contribution < 1.29 is 9.59 Å². The van der Waals surface area contributed by atoms with Gasteiger partial charge >= 0.3 is 6.03 Å². The summed E-state index contributed by atoms with van der Waals surface area (Å²) >= 11 is 6.15. The summed E-state index contributed by atoms with van der Waals surface area (Å²) in [6, 6.07) is 4.05. The molecular formula is C17H23ClN6O2. The molecular weight excluding hydrogens is 356 g/mol. The molecule has 2 rings (SSSR count). The number of benzene rings is 1. The molecule has 8 nitrogen and oxygen atoms in total. The Bertz CT molecular complexity index is 789. The highest BCUT2D eigenvalue weighted by Crippen LogP contribution is 2.22. The average Bonchev–Trinajstić information content (AvgIpc) is 2.98. The predicted molar refractivity (Wildman–Crippen MR) is 100 cm³/mol. The van der Waals surface area contributed by atoms with E-state index in [4.69, 9.17) is 11.6 Å². The van der Waals surface area contributed by atoms with Crippen LogP contribution in [0.3, 0.4) is 0 Å². The van der Waals surface area contributed by atoms with Gasteiger partial charge in [-0.3, -0.25) is 9.48 Å². The summed E-state index contributed by atoms with van der Waals surface area (Å²) in [5.41, 5.74) is 0.847. The lowest BCUT2D eigenvalue weighted by Crippen LogP contribution is -2.36. The number of amides is 3. The minimum atomic E-state index is -0.395. The molecule has 0 aliphatic carbocycles. The molecule has 9 heteroatoms. The summed E-state index contributed by atoms with van der Waals surface area (Å²) in [6.07, 6.45) is 1.45.